The topological polar surface area (TPSA) is 119 Å². The van der Waals surface area contributed by atoms with E-state index < -0.39 is 32.5 Å². The Hall–Kier alpha value is -0.950. The van der Waals surface area contributed by atoms with Crippen molar-refractivity contribution in [1.82, 2.24) is 0 Å². The molecule has 0 rings (SSSR count). The Morgan fingerprint density at radius 2 is 1.23 bits per heavy atom. The van der Waals surface area contributed by atoms with Gasteiger partial charge in [0.25, 0.3) is 0 Å². The highest BCUT2D eigenvalue weighted by atomic mass is 31.2. The molecule has 0 aliphatic rings. The maximum absolute atomic E-state index is 12.0. The monoisotopic (exact) mass is 466 g/mol. The van der Waals surface area contributed by atoms with E-state index >= 15 is 0 Å². The van der Waals surface area contributed by atoms with Gasteiger partial charge in [-0.2, -0.15) is 0 Å². The van der Waals surface area contributed by atoms with E-state index in [2.05, 4.69) is 11.4 Å². The van der Waals surface area contributed by atoms with Crippen LogP contribution in [0.2, 0.25) is 0 Å². The maximum atomic E-state index is 12.0. The zero-order chi connectivity index (χ0) is 23.4. The molecule has 1 atom stereocenters. The van der Waals surface area contributed by atoms with E-state index in [0.717, 1.165) is 19.3 Å². The summed E-state index contributed by atoms with van der Waals surface area (Å²) in [4.78, 5) is 40.8. The lowest BCUT2D eigenvalue weighted by atomic mass is 10.0. The molecule has 0 heterocycles. The van der Waals surface area contributed by atoms with E-state index in [1.807, 2.05) is 0 Å². The zero-order valence-corrected chi connectivity index (χ0v) is 20.3. The highest BCUT2D eigenvalue weighted by molar-refractivity contribution is 7.46. The van der Waals surface area contributed by atoms with Gasteiger partial charge < -0.3 is 19.3 Å². The van der Waals surface area contributed by atoms with Crippen molar-refractivity contribution in [3.63, 3.8) is 0 Å². The Labute approximate surface area is 187 Å². The third-order valence-electron chi connectivity index (χ3n) is 4.93. The van der Waals surface area contributed by atoms with Crippen LogP contribution in [0.4, 0.5) is 0 Å². The van der Waals surface area contributed by atoms with Crippen molar-refractivity contribution in [2.24, 2.45) is 0 Å². The van der Waals surface area contributed by atoms with Crippen LogP contribution in [0.3, 0.4) is 0 Å². The summed E-state index contributed by atoms with van der Waals surface area (Å²) in [7, 11) is -4.70. The number of unbranched alkanes of at least 4 members (excludes halogenated alkanes) is 12. The van der Waals surface area contributed by atoms with Crippen LogP contribution in [0.1, 0.15) is 110 Å². The molecular weight excluding hydrogens is 423 g/mol. The summed E-state index contributed by atoms with van der Waals surface area (Å²) in [5, 5.41) is 0. The molecule has 0 spiro atoms. The fraction of sp³-hybridized carbons (Fsp3) is 0.909. The molecule has 0 aliphatic carbocycles. The van der Waals surface area contributed by atoms with E-state index in [9.17, 15) is 14.2 Å². The fourth-order valence-electron chi connectivity index (χ4n) is 3.12. The number of rotatable bonds is 21. The maximum Gasteiger partial charge on any atom is 0.469 e. The van der Waals surface area contributed by atoms with Crippen molar-refractivity contribution in [3.8, 4) is 0 Å². The van der Waals surface area contributed by atoms with E-state index in [-0.39, 0.29) is 19.4 Å². The Balaban J connectivity index is 3.81. The van der Waals surface area contributed by atoms with Gasteiger partial charge in [0.15, 0.2) is 6.10 Å². The standard InChI is InChI=1S/C22H43O8P/c1-3-5-6-7-8-9-10-11-12-13-14-15-16-17-22(24)30-20(18-28-21(23)4-2)19-29-31(25,26)27/h20H,3-19H2,1-2H3,(H2,25,26,27). The van der Waals surface area contributed by atoms with Crippen LogP contribution in [-0.4, -0.2) is 41.0 Å². The normalized spacial score (nSPS) is 12.5. The van der Waals surface area contributed by atoms with Crippen LogP contribution in [-0.2, 0) is 28.2 Å². The summed E-state index contributed by atoms with van der Waals surface area (Å²) >= 11 is 0. The average Bonchev–Trinajstić information content (AvgIpc) is 2.72. The molecule has 0 aromatic rings. The molecule has 0 amide bonds. The van der Waals surface area contributed by atoms with Gasteiger partial charge in [-0.1, -0.05) is 90.9 Å². The van der Waals surface area contributed by atoms with Gasteiger partial charge in [0.2, 0.25) is 0 Å². The SMILES string of the molecule is CCCCCCCCCCCCCCCC(=O)OC(COC(=O)CC)COP(=O)(O)O. The number of phosphoric ester groups is 1. The van der Waals surface area contributed by atoms with Crippen LogP contribution in [0.15, 0.2) is 0 Å². The van der Waals surface area contributed by atoms with Gasteiger partial charge in [-0.15, -0.1) is 0 Å². The summed E-state index contributed by atoms with van der Waals surface area (Å²) in [6.45, 7) is 3.02. The first-order valence-electron chi connectivity index (χ1n) is 11.8. The van der Waals surface area contributed by atoms with Gasteiger partial charge in [0.1, 0.15) is 6.61 Å². The zero-order valence-electron chi connectivity index (χ0n) is 19.4. The highest BCUT2D eigenvalue weighted by Gasteiger charge is 2.22. The van der Waals surface area contributed by atoms with E-state index in [1.54, 1.807) is 6.92 Å². The number of carbonyl (C=O) groups excluding carboxylic acids is 2. The molecule has 9 heteroatoms. The quantitative estimate of drug-likeness (QED) is 0.130. The Morgan fingerprint density at radius 1 is 0.742 bits per heavy atom. The van der Waals surface area contributed by atoms with Gasteiger partial charge in [0, 0.05) is 12.8 Å². The first-order valence-corrected chi connectivity index (χ1v) is 13.4. The van der Waals surface area contributed by atoms with Crippen molar-refractivity contribution < 1.29 is 37.9 Å². The van der Waals surface area contributed by atoms with E-state index in [4.69, 9.17) is 19.3 Å². The molecule has 2 N–H and O–H groups in total. The molecule has 0 saturated heterocycles. The molecular formula is C22H43O8P. The van der Waals surface area contributed by atoms with Gasteiger partial charge in [-0.3, -0.25) is 14.1 Å². The third kappa shape index (κ3) is 22.0. The lowest BCUT2D eigenvalue weighted by molar-refractivity contribution is -0.161. The predicted molar refractivity (Wildman–Crippen MR) is 119 cm³/mol. The molecule has 0 fully saturated rings. The van der Waals surface area contributed by atoms with Crippen molar-refractivity contribution in [2.45, 2.75) is 116 Å². The molecule has 0 aromatic carbocycles. The van der Waals surface area contributed by atoms with Gasteiger partial charge in [0.05, 0.1) is 6.61 Å². The van der Waals surface area contributed by atoms with Crippen molar-refractivity contribution in [1.29, 1.82) is 0 Å². The minimum atomic E-state index is -4.70. The molecule has 0 saturated carbocycles. The molecule has 31 heavy (non-hydrogen) atoms. The fourth-order valence-corrected chi connectivity index (χ4v) is 3.48. The Kier molecular flexibility index (Phi) is 19.1. The van der Waals surface area contributed by atoms with Crippen molar-refractivity contribution >= 4 is 19.8 Å². The molecule has 0 aliphatic heterocycles. The number of hydrogen-bond donors (Lipinski definition) is 2. The molecule has 1 unspecified atom stereocenters. The first-order chi connectivity index (χ1) is 14.8. The predicted octanol–water partition coefficient (Wildman–Crippen LogP) is 5.44. The average molecular weight is 467 g/mol. The number of hydrogen-bond acceptors (Lipinski definition) is 6. The van der Waals surface area contributed by atoms with Crippen molar-refractivity contribution in [3.05, 3.63) is 0 Å². The van der Waals surface area contributed by atoms with Crippen LogP contribution in [0.25, 0.3) is 0 Å². The van der Waals surface area contributed by atoms with Gasteiger partial charge in [-0.05, 0) is 6.42 Å². The van der Waals surface area contributed by atoms with Crippen LogP contribution >= 0.6 is 7.82 Å². The summed E-state index contributed by atoms with van der Waals surface area (Å²) in [5.74, 6) is -0.983. The number of phosphoric acid groups is 1. The summed E-state index contributed by atoms with van der Waals surface area (Å²) < 4.78 is 25.3. The van der Waals surface area contributed by atoms with Crippen LogP contribution in [0.5, 0.6) is 0 Å². The number of carbonyl (C=O) groups is 2. The highest BCUT2D eigenvalue weighted by Crippen LogP contribution is 2.35. The molecule has 0 radical (unpaired) electrons. The number of esters is 2. The first kappa shape index (κ1) is 30.0. The minimum Gasteiger partial charge on any atom is -0.462 e. The second-order valence-corrected chi connectivity index (χ2v) is 9.17. The lowest BCUT2D eigenvalue weighted by Crippen LogP contribution is -2.29. The van der Waals surface area contributed by atoms with Crippen LogP contribution in [0, 0.1) is 0 Å². The van der Waals surface area contributed by atoms with E-state index in [0.29, 0.717) is 6.42 Å². The largest absolute Gasteiger partial charge is 0.469 e. The lowest BCUT2D eigenvalue weighted by Gasteiger charge is -2.18. The number of ether oxygens (including phenoxy) is 2. The minimum absolute atomic E-state index is 0.152. The second-order valence-electron chi connectivity index (χ2n) is 7.93. The van der Waals surface area contributed by atoms with Gasteiger partial charge in [-0.25, -0.2) is 4.57 Å². The molecule has 8 nitrogen and oxygen atoms in total. The third-order valence-corrected chi connectivity index (χ3v) is 5.42. The second kappa shape index (κ2) is 19.7. The summed E-state index contributed by atoms with van der Waals surface area (Å²) in [6, 6.07) is 0. The summed E-state index contributed by atoms with van der Waals surface area (Å²) in [5.41, 5.74) is 0. The van der Waals surface area contributed by atoms with Crippen molar-refractivity contribution in [2.75, 3.05) is 13.2 Å². The molecule has 184 valence electrons. The Morgan fingerprint density at radius 3 is 1.68 bits per heavy atom. The van der Waals surface area contributed by atoms with E-state index in [1.165, 1.54) is 57.8 Å². The smallest absolute Gasteiger partial charge is 0.462 e. The summed E-state index contributed by atoms with van der Waals surface area (Å²) in [6.07, 6.45) is 15.0. The van der Waals surface area contributed by atoms with Crippen LogP contribution < -0.4 is 0 Å². The Bertz CT molecular complexity index is 506. The van der Waals surface area contributed by atoms with Gasteiger partial charge >= 0.3 is 19.8 Å². The molecule has 0 aromatic heterocycles. The molecule has 0 bridgehead atoms.